The maximum atomic E-state index is 2.61. The molecule has 5 aromatic rings. The van der Waals surface area contributed by atoms with Gasteiger partial charge in [-0.25, -0.2) is 0 Å². The van der Waals surface area contributed by atoms with Crippen molar-refractivity contribution < 1.29 is 4.57 Å². The number of hydrogen-bond acceptors (Lipinski definition) is 1. The molecule has 4 heteroatoms. The van der Waals surface area contributed by atoms with Crippen LogP contribution < -0.4 is 14.8 Å². The minimum absolute atomic E-state index is 0.156. The lowest BCUT2D eigenvalue weighted by Gasteiger charge is -2.32. The first kappa shape index (κ1) is 16.2. The lowest BCUT2D eigenvalue weighted by atomic mass is 9.61. The molecule has 146 valence electrons. The first-order valence-corrected chi connectivity index (χ1v) is 11.2. The van der Waals surface area contributed by atoms with Gasteiger partial charge in [-0.2, -0.15) is 4.57 Å². The van der Waals surface area contributed by atoms with Crippen LogP contribution in [0.4, 0.5) is 11.4 Å². The zero-order chi connectivity index (χ0) is 20.4. The third kappa shape index (κ3) is 1.74. The van der Waals surface area contributed by atoms with Crippen LogP contribution >= 0.6 is 0 Å². The van der Waals surface area contributed by atoms with Gasteiger partial charge in [0.1, 0.15) is 0 Å². The van der Waals surface area contributed by atoms with Crippen molar-refractivity contribution in [1.82, 2.24) is 4.48 Å². The number of nitrogens with zero attached hydrogens (tertiary/aromatic N) is 3. The molecule has 0 spiro atoms. The first-order chi connectivity index (χ1) is 15.2. The molecule has 0 amide bonds. The minimum atomic E-state index is 0.156. The third-order valence-corrected chi connectivity index (χ3v) is 7.57. The monoisotopic (exact) mass is 398 g/mol. The summed E-state index contributed by atoms with van der Waals surface area (Å²) in [6.07, 6.45) is 2.24. The van der Waals surface area contributed by atoms with Crippen molar-refractivity contribution in [2.24, 2.45) is 0 Å². The summed E-state index contributed by atoms with van der Waals surface area (Å²) in [5.41, 5.74) is 12.5. The SMILES string of the molecule is CC(C)c1cc2c3c(c1)c1ccccc1n3B1c3ccc[n+]4c3-c3c(cccc3N12)C4. The average molecular weight is 398 g/mol. The summed E-state index contributed by atoms with van der Waals surface area (Å²) in [6, 6.07) is 25.2. The van der Waals surface area contributed by atoms with Crippen molar-refractivity contribution in [2.45, 2.75) is 26.3 Å². The molecule has 3 aliphatic rings. The number of anilines is 2. The molecule has 0 N–H and O–H groups in total. The van der Waals surface area contributed by atoms with E-state index in [1.54, 1.807) is 0 Å². The Morgan fingerprint density at radius 1 is 0.903 bits per heavy atom. The van der Waals surface area contributed by atoms with Crippen molar-refractivity contribution in [1.29, 1.82) is 0 Å². The number of rotatable bonds is 1. The Morgan fingerprint density at radius 2 is 1.81 bits per heavy atom. The van der Waals surface area contributed by atoms with E-state index in [-0.39, 0.29) is 6.98 Å². The zero-order valence-corrected chi connectivity index (χ0v) is 17.6. The lowest BCUT2D eigenvalue weighted by Crippen LogP contribution is -2.54. The first-order valence-electron chi connectivity index (χ1n) is 11.2. The maximum Gasteiger partial charge on any atom is 0.427 e. The highest BCUT2D eigenvalue weighted by Crippen LogP contribution is 2.50. The summed E-state index contributed by atoms with van der Waals surface area (Å²) in [5.74, 6) is 0.488. The van der Waals surface area contributed by atoms with Crippen LogP contribution in [0.5, 0.6) is 0 Å². The van der Waals surface area contributed by atoms with E-state index in [9.17, 15) is 0 Å². The molecular weight excluding hydrogens is 377 g/mol. The second-order valence-corrected chi connectivity index (χ2v) is 9.47. The largest absolute Gasteiger partial charge is 0.427 e. The molecule has 0 saturated heterocycles. The van der Waals surface area contributed by atoms with Gasteiger partial charge in [-0.05, 0) is 35.7 Å². The third-order valence-electron chi connectivity index (χ3n) is 7.57. The highest BCUT2D eigenvalue weighted by atomic mass is 15.2. The summed E-state index contributed by atoms with van der Waals surface area (Å²) < 4.78 is 5.03. The molecule has 3 nitrogen and oxygen atoms in total. The number of pyridine rings is 1. The van der Waals surface area contributed by atoms with E-state index in [1.807, 2.05) is 0 Å². The van der Waals surface area contributed by atoms with E-state index in [0.717, 1.165) is 6.54 Å². The fraction of sp³-hybridized carbons (Fsp3) is 0.148. The molecule has 0 saturated carbocycles. The second-order valence-electron chi connectivity index (χ2n) is 9.47. The summed E-state index contributed by atoms with van der Waals surface area (Å²) in [6.45, 7) is 5.72. The molecule has 0 radical (unpaired) electrons. The number of aromatic nitrogens is 2. The van der Waals surface area contributed by atoms with E-state index in [1.165, 1.54) is 61.0 Å². The predicted octanol–water partition coefficient (Wildman–Crippen LogP) is 4.94. The van der Waals surface area contributed by atoms with Gasteiger partial charge in [-0.3, -0.25) is 0 Å². The van der Waals surface area contributed by atoms with Gasteiger partial charge in [0.2, 0.25) is 5.69 Å². The van der Waals surface area contributed by atoms with Gasteiger partial charge in [0.05, 0.1) is 16.8 Å². The standard InChI is InChI=1S/C27H21BN3/c1-16(2)18-13-20-19-8-3-4-10-22(19)31-26(20)24(14-18)30-23-11-5-7-17-15-29-12-6-9-21(28(30)31)27(29)25(17)23/h3-14,16H,15H2,1-2H3/q+1. The van der Waals surface area contributed by atoms with Crippen LogP contribution in [0.25, 0.3) is 33.1 Å². The highest BCUT2D eigenvalue weighted by Gasteiger charge is 2.50. The molecule has 0 unspecified atom stereocenters. The van der Waals surface area contributed by atoms with E-state index in [4.69, 9.17) is 0 Å². The molecule has 8 rings (SSSR count). The Bertz CT molecular complexity index is 1610. The van der Waals surface area contributed by atoms with Gasteiger partial charge in [0.15, 0.2) is 12.7 Å². The average Bonchev–Trinajstić information content (AvgIpc) is 3.44. The summed E-state index contributed by atoms with van der Waals surface area (Å²) in [5, 5.41) is 2.74. The van der Waals surface area contributed by atoms with Crippen LogP contribution in [0, 0.1) is 0 Å². The van der Waals surface area contributed by atoms with Crippen molar-refractivity contribution in [3.8, 4) is 11.3 Å². The number of hydrogen-bond donors (Lipinski definition) is 0. The number of para-hydroxylation sites is 1. The molecular formula is C27H21BN3+. The number of benzene rings is 3. The van der Waals surface area contributed by atoms with Gasteiger partial charge < -0.3 is 9.29 Å². The second kappa shape index (κ2) is 5.20. The van der Waals surface area contributed by atoms with Crippen LogP contribution in [0.3, 0.4) is 0 Å². The Hall–Kier alpha value is -3.53. The fourth-order valence-electron chi connectivity index (χ4n) is 6.26. The van der Waals surface area contributed by atoms with E-state index in [0.29, 0.717) is 5.92 Å². The molecule has 0 fully saturated rings. The Labute approximate surface area is 181 Å². The van der Waals surface area contributed by atoms with Crippen LogP contribution in [0.1, 0.15) is 30.9 Å². The molecule has 0 bridgehead atoms. The van der Waals surface area contributed by atoms with Gasteiger partial charge in [0.25, 0.3) is 0 Å². The molecule has 0 atom stereocenters. The number of fused-ring (bicyclic) bond motifs is 8. The summed E-state index contributed by atoms with van der Waals surface area (Å²) >= 11 is 0. The van der Waals surface area contributed by atoms with Crippen LogP contribution in [-0.2, 0) is 6.54 Å². The normalized spacial score (nSPS) is 14.8. The quantitative estimate of drug-likeness (QED) is 0.282. The Morgan fingerprint density at radius 3 is 2.71 bits per heavy atom. The highest BCUT2D eigenvalue weighted by molar-refractivity contribution is 6.82. The minimum Gasteiger partial charge on any atom is -0.359 e. The Kier molecular flexibility index (Phi) is 2.72. The van der Waals surface area contributed by atoms with Gasteiger partial charge in [0, 0.05) is 39.1 Å². The van der Waals surface area contributed by atoms with E-state index in [2.05, 4.69) is 101 Å². The molecule has 0 aliphatic carbocycles. The van der Waals surface area contributed by atoms with Crippen LogP contribution in [-0.4, -0.2) is 11.5 Å². The van der Waals surface area contributed by atoms with Crippen molar-refractivity contribution in [3.05, 3.63) is 84.1 Å². The van der Waals surface area contributed by atoms with E-state index >= 15 is 0 Å². The van der Waals surface area contributed by atoms with Crippen LogP contribution in [0.2, 0.25) is 0 Å². The van der Waals surface area contributed by atoms with Crippen molar-refractivity contribution in [2.75, 3.05) is 4.81 Å². The van der Waals surface area contributed by atoms with E-state index < -0.39 is 0 Å². The topological polar surface area (TPSA) is 12.0 Å². The molecule has 31 heavy (non-hydrogen) atoms. The molecule has 5 heterocycles. The van der Waals surface area contributed by atoms with Gasteiger partial charge in [-0.1, -0.05) is 50.2 Å². The lowest BCUT2D eigenvalue weighted by molar-refractivity contribution is -0.671. The van der Waals surface area contributed by atoms with Crippen LogP contribution in [0.15, 0.2) is 72.9 Å². The fourth-order valence-corrected chi connectivity index (χ4v) is 6.26. The predicted molar refractivity (Wildman–Crippen MR) is 128 cm³/mol. The molecule has 3 aromatic carbocycles. The van der Waals surface area contributed by atoms with Gasteiger partial charge >= 0.3 is 6.98 Å². The smallest absolute Gasteiger partial charge is 0.359 e. The summed E-state index contributed by atoms with van der Waals surface area (Å²) in [7, 11) is 0. The van der Waals surface area contributed by atoms with Crippen molar-refractivity contribution >= 4 is 45.6 Å². The molecule has 2 aromatic heterocycles. The summed E-state index contributed by atoms with van der Waals surface area (Å²) in [4.78, 5) is 2.61. The molecule has 3 aliphatic heterocycles. The maximum absolute atomic E-state index is 2.61. The van der Waals surface area contributed by atoms with Crippen molar-refractivity contribution in [3.63, 3.8) is 0 Å². The zero-order valence-electron chi connectivity index (χ0n) is 17.6. The Balaban J connectivity index is 1.59. The van der Waals surface area contributed by atoms with Gasteiger partial charge in [-0.15, -0.1) is 0 Å².